The van der Waals surface area contributed by atoms with Gasteiger partial charge in [-0.1, -0.05) is 0 Å². The van der Waals surface area contributed by atoms with E-state index in [4.69, 9.17) is 4.74 Å². The lowest BCUT2D eigenvalue weighted by molar-refractivity contribution is -0.144. The summed E-state index contributed by atoms with van der Waals surface area (Å²) < 4.78 is 5.36. The van der Waals surface area contributed by atoms with Crippen LogP contribution in [0.15, 0.2) is 0 Å². The highest BCUT2D eigenvalue weighted by Gasteiger charge is 2.12. The summed E-state index contributed by atoms with van der Waals surface area (Å²) in [7, 11) is 0. The van der Waals surface area contributed by atoms with Crippen molar-refractivity contribution in [2.45, 2.75) is 19.4 Å². The highest BCUT2D eigenvalue weighted by molar-refractivity contribution is 8.04. The van der Waals surface area contributed by atoms with Crippen LogP contribution >= 0.6 is 47.0 Å². The Morgan fingerprint density at radius 2 is 1.39 bits per heavy atom. The van der Waals surface area contributed by atoms with Crippen molar-refractivity contribution in [2.75, 3.05) is 46.0 Å². The molecule has 18 heavy (non-hydrogen) atoms. The van der Waals surface area contributed by atoms with Crippen molar-refractivity contribution in [3.05, 3.63) is 0 Å². The number of ether oxygens (including phenoxy) is 1. The molecule has 0 aromatic carbocycles. The number of rotatable bonds is 1. The molecule has 0 N–H and O–H groups in total. The maximum absolute atomic E-state index is 11.0. The number of esters is 1. The van der Waals surface area contributed by atoms with Crippen LogP contribution in [0.5, 0.6) is 0 Å². The van der Waals surface area contributed by atoms with Gasteiger partial charge >= 0.3 is 5.97 Å². The molecule has 0 saturated carbocycles. The second-order valence-electron chi connectivity index (χ2n) is 3.96. The van der Waals surface area contributed by atoms with Crippen molar-refractivity contribution in [2.24, 2.45) is 0 Å². The van der Waals surface area contributed by atoms with Crippen LogP contribution in [-0.4, -0.2) is 58.1 Å². The number of carbonyl (C=O) groups excluding carboxylic acids is 1. The van der Waals surface area contributed by atoms with Crippen molar-refractivity contribution in [1.82, 2.24) is 0 Å². The van der Waals surface area contributed by atoms with Crippen LogP contribution in [0.1, 0.15) is 13.3 Å². The Labute approximate surface area is 128 Å². The van der Waals surface area contributed by atoms with Gasteiger partial charge in [-0.05, 0) is 17.9 Å². The lowest BCUT2D eigenvalue weighted by atomic mass is 10.5. The molecule has 106 valence electrons. The van der Waals surface area contributed by atoms with Crippen LogP contribution < -0.4 is 0 Å². The normalized spacial score (nSPS) is 22.1. The molecule has 0 spiro atoms. The van der Waals surface area contributed by atoms with Crippen molar-refractivity contribution in [1.29, 1.82) is 0 Å². The molecular formula is C12H22O2S4. The third-order valence-electron chi connectivity index (χ3n) is 2.26. The Kier molecular flexibility index (Phi) is 11.0. The summed E-state index contributed by atoms with van der Waals surface area (Å²) in [5.41, 5.74) is 0. The molecule has 2 nitrogen and oxygen atoms in total. The fraction of sp³-hybridized carbons (Fsp3) is 0.917. The summed E-state index contributed by atoms with van der Waals surface area (Å²) in [4.78, 5) is 11.0. The van der Waals surface area contributed by atoms with E-state index in [1.807, 2.05) is 47.0 Å². The van der Waals surface area contributed by atoms with Gasteiger partial charge in [0.15, 0.2) is 0 Å². The van der Waals surface area contributed by atoms with Gasteiger partial charge in [-0.15, -0.1) is 0 Å². The van der Waals surface area contributed by atoms with Gasteiger partial charge in [0.25, 0.3) is 0 Å². The van der Waals surface area contributed by atoms with Gasteiger partial charge in [0.1, 0.15) is 6.10 Å². The SMILES string of the molecule is CC(=O)OC1CSCCSCCCSCCSC1. The van der Waals surface area contributed by atoms with Crippen LogP contribution in [0.4, 0.5) is 0 Å². The second-order valence-corrected chi connectivity index (χ2v) is 8.71. The van der Waals surface area contributed by atoms with E-state index in [-0.39, 0.29) is 12.1 Å². The zero-order chi connectivity index (χ0) is 13.1. The Morgan fingerprint density at radius 3 is 1.89 bits per heavy atom. The molecule has 0 bridgehead atoms. The summed E-state index contributed by atoms with van der Waals surface area (Å²) in [6.45, 7) is 1.51. The van der Waals surface area contributed by atoms with E-state index < -0.39 is 0 Å². The Hall–Kier alpha value is 0.870. The average Bonchev–Trinajstić information content (AvgIpc) is 2.33. The van der Waals surface area contributed by atoms with Crippen LogP contribution in [0.25, 0.3) is 0 Å². The third kappa shape index (κ3) is 9.75. The molecule has 1 aliphatic heterocycles. The van der Waals surface area contributed by atoms with E-state index in [9.17, 15) is 4.79 Å². The van der Waals surface area contributed by atoms with Crippen molar-refractivity contribution in [3.63, 3.8) is 0 Å². The van der Waals surface area contributed by atoms with Crippen molar-refractivity contribution >= 4 is 53.0 Å². The fourth-order valence-electron chi connectivity index (χ4n) is 1.48. The van der Waals surface area contributed by atoms with Crippen LogP contribution in [0.3, 0.4) is 0 Å². The third-order valence-corrected chi connectivity index (χ3v) is 7.12. The molecule has 6 heteroatoms. The smallest absolute Gasteiger partial charge is 0.302 e. The molecule has 0 atom stereocenters. The number of hydrogen-bond donors (Lipinski definition) is 0. The van der Waals surface area contributed by atoms with E-state index in [0.29, 0.717) is 0 Å². The minimum absolute atomic E-state index is 0.0930. The maximum atomic E-state index is 11.0. The standard InChI is InChI=1S/C12H22O2S4/c1-11(13)14-12-9-17-7-5-15-3-2-4-16-6-8-18-10-12/h12H,2-10H2,1H3. The Bertz CT molecular complexity index is 212. The Balaban J connectivity index is 2.26. The van der Waals surface area contributed by atoms with Gasteiger partial charge in [0.2, 0.25) is 0 Å². The van der Waals surface area contributed by atoms with Gasteiger partial charge in [0.05, 0.1) is 0 Å². The molecule has 0 aromatic rings. The molecule has 0 amide bonds. The minimum Gasteiger partial charge on any atom is -0.461 e. The van der Waals surface area contributed by atoms with Gasteiger partial charge in [-0.2, -0.15) is 47.0 Å². The van der Waals surface area contributed by atoms with Crippen LogP contribution in [0, 0.1) is 0 Å². The van der Waals surface area contributed by atoms with E-state index in [1.165, 1.54) is 47.9 Å². The number of hydrogen-bond acceptors (Lipinski definition) is 6. The largest absolute Gasteiger partial charge is 0.461 e. The van der Waals surface area contributed by atoms with E-state index in [0.717, 1.165) is 11.5 Å². The molecule has 0 unspecified atom stereocenters. The average molecular weight is 327 g/mol. The molecule has 1 saturated heterocycles. The first kappa shape index (κ1) is 16.9. The topological polar surface area (TPSA) is 26.3 Å². The van der Waals surface area contributed by atoms with Gasteiger partial charge in [-0.25, -0.2) is 0 Å². The quantitative estimate of drug-likeness (QED) is 0.686. The highest BCUT2D eigenvalue weighted by atomic mass is 32.2. The molecule has 1 fully saturated rings. The van der Waals surface area contributed by atoms with Crippen molar-refractivity contribution in [3.8, 4) is 0 Å². The summed E-state index contributed by atoms with van der Waals surface area (Å²) in [6.07, 6.45) is 1.43. The summed E-state index contributed by atoms with van der Waals surface area (Å²) in [5, 5.41) is 0. The Morgan fingerprint density at radius 1 is 0.889 bits per heavy atom. The molecule has 1 aliphatic rings. The fourth-order valence-corrected chi connectivity index (χ4v) is 6.04. The molecule has 0 radical (unpaired) electrons. The molecule has 0 aliphatic carbocycles. The summed E-state index contributed by atoms with van der Waals surface area (Å²) >= 11 is 7.92. The van der Waals surface area contributed by atoms with Gasteiger partial charge < -0.3 is 4.74 Å². The molecule has 0 aromatic heterocycles. The number of thioether (sulfide) groups is 4. The van der Waals surface area contributed by atoms with E-state index >= 15 is 0 Å². The van der Waals surface area contributed by atoms with Crippen LogP contribution in [0.2, 0.25) is 0 Å². The lowest BCUT2D eigenvalue weighted by Gasteiger charge is -2.16. The van der Waals surface area contributed by atoms with E-state index in [1.54, 1.807) is 0 Å². The predicted octanol–water partition coefficient (Wildman–Crippen LogP) is 3.25. The zero-order valence-corrected chi connectivity index (χ0v) is 14.2. The van der Waals surface area contributed by atoms with Gasteiger partial charge in [-0.3, -0.25) is 4.79 Å². The van der Waals surface area contributed by atoms with E-state index in [2.05, 4.69) is 0 Å². The zero-order valence-electron chi connectivity index (χ0n) is 10.9. The maximum Gasteiger partial charge on any atom is 0.302 e. The lowest BCUT2D eigenvalue weighted by Crippen LogP contribution is -2.22. The van der Waals surface area contributed by atoms with Gasteiger partial charge in [0, 0.05) is 41.4 Å². The predicted molar refractivity (Wildman–Crippen MR) is 89.5 cm³/mol. The monoisotopic (exact) mass is 326 g/mol. The molecular weight excluding hydrogens is 304 g/mol. The minimum atomic E-state index is -0.147. The summed E-state index contributed by atoms with van der Waals surface area (Å²) in [5.74, 6) is 9.08. The second kappa shape index (κ2) is 11.7. The first-order valence-corrected chi connectivity index (χ1v) is 10.9. The van der Waals surface area contributed by atoms with Crippen LogP contribution in [-0.2, 0) is 9.53 Å². The highest BCUT2D eigenvalue weighted by Crippen LogP contribution is 2.17. The molecule has 1 rings (SSSR count). The van der Waals surface area contributed by atoms with Crippen molar-refractivity contribution < 1.29 is 9.53 Å². The first-order valence-electron chi connectivity index (χ1n) is 6.27. The summed E-state index contributed by atoms with van der Waals surface area (Å²) in [6, 6.07) is 0. The number of carbonyl (C=O) groups is 1. The first-order chi connectivity index (χ1) is 8.79. The molecule has 1 heterocycles.